The summed E-state index contributed by atoms with van der Waals surface area (Å²) in [6.07, 6.45) is 4.24. The second-order valence-electron chi connectivity index (χ2n) is 6.52. The van der Waals surface area contributed by atoms with Crippen molar-refractivity contribution in [1.82, 2.24) is 14.5 Å². The van der Waals surface area contributed by atoms with Gasteiger partial charge in [0.2, 0.25) is 0 Å². The Labute approximate surface area is 147 Å². The van der Waals surface area contributed by atoms with E-state index >= 15 is 0 Å². The van der Waals surface area contributed by atoms with E-state index in [0.717, 1.165) is 37.3 Å². The van der Waals surface area contributed by atoms with E-state index in [1.807, 2.05) is 36.0 Å². The molecule has 1 aliphatic rings. The number of likely N-dealkylation sites (tertiary alicyclic amines) is 1. The molecule has 2 aromatic rings. The second kappa shape index (κ2) is 7.66. The first kappa shape index (κ1) is 17.4. The standard InChI is InChI=1S/C18H24ClN3O2/c1-21-11-8-20-18(21)17(24)13-6-9-22(10-7-13)12-16(23)14-4-2-3-5-15(14)19/h2-5,8,11,13,16-17,23-24H,6-7,9-10,12H2,1H3. The molecule has 2 heterocycles. The van der Waals surface area contributed by atoms with E-state index in [-0.39, 0.29) is 5.92 Å². The number of halogens is 1. The van der Waals surface area contributed by atoms with Gasteiger partial charge in [-0.2, -0.15) is 0 Å². The normalized spacial score (nSPS) is 19.3. The molecule has 24 heavy (non-hydrogen) atoms. The van der Waals surface area contributed by atoms with Gasteiger partial charge in [0.25, 0.3) is 0 Å². The molecule has 1 saturated heterocycles. The summed E-state index contributed by atoms with van der Waals surface area (Å²) in [4.78, 5) is 6.48. The number of hydrogen-bond donors (Lipinski definition) is 2. The summed E-state index contributed by atoms with van der Waals surface area (Å²) in [5.41, 5.74) is 0.773. The Morgan fingerprint density at radius 1 is 1.25 bits per heavy atom. The van der Waals surface area contributed by atoms with Crippen LogP contribution in [0.1, 0.15) is 36.4 Å². The van der Waals surface area contributed by atoms with E-state index in [0.29, 0.717) is 11.6 Å². The lowest BCUT2D eigenvalue weighted by atomic mass is 9.90. The minimum absolute atomic E-state index is 0.208. The third kappa shape index (κ3) is 3.81. The highest BCUT2D eigenvalue weighted by atomic mass is 35.5. The monoisotopic (exact) mass is 349 g/mol. The second-order valence-corrected chi connectivity index (χ2v) is 6.92. The summed E-state index contributed by atoms with van der Waals surface area (Å²) in [6.45, 7) is 2.27. The van der Waals surface area contributed by atoms with Crippen molar-refractivity contribution in [3.63, 3.8) is 0 Å². The first-order valence-electron chi connectivity index (χ1n) is 8.36. The Morgan fingerprint density at radius 3 is 2.58 bits per heavy atom. The molecule has 1 aliphatic heterocycles. The van der Waals surface area contributed by atoms with Crippen molar-refractivity contribution in [2.24, 2.45) is 13.0 Å². The predicted molar refractivity (Wildman–Crippen MR) is 93.7 cm³/mol. The van der Waals surface area contributed by atoms with Crippen LogP contribution < -0.4 is 0 Å². The zero-order chi connectivity index (χ0) is 17.1. The highest BCUT2D eigenvalue weighted by Gasteiger charge is 2.29. The smallest absolute Gasteiger partial charge is 0.137 e. The fraction of sp³-hybridized carbons (Fsp3) is 0.500. The third-order valence-electron chi connectivity index (χ3n) is 4.90. The van der Waals surface area contributed by atoms with Crippen LogP contribution in [0, 0.1) is 5.92 Å². The predicted octanol–water partition coefficient (Wildman–Crippen LogP) is 2.55. The highest BCUT2D eigenvalue weighted by molar-refractivity contribution is 6.31. The molecule has 0 radical (unpaired) electrons. The van der Waals surface area contributed by atoms with Crippen LogP contribution in [0.25, 0.3) is 0 Å². The zero-order valence-corrected chi connectivity index (χ0v) is 14.6. The number of aromatic nitrogens is 2. The summed E-state index contributed by atoms with van der Waals surface area (Å²) in [7, 11) is 1.90. The van der Waals surface area contributed by atoms with E-state index < -0.39 is 12.2 Å². The number of aliphatic hydroxyl groups excluding tert-OH is 2. The molecule has 5 nitrogen and oxygen atoms in total. The van der Waals surface area contributed by atoms with E-state index in [4.69, 9.17) is 11.6 Å². The number of hydrogen-bond acceptors (Lipinski definition) is 4. The maximum atomic E-state index is 10.5. The van der Waals surface area contributed by atoms with Crippen molar-refractivity contribution in [2.75, 3.05) is 19.6 Å². The van der Waals surface area contributed by atoms with Crippen LogP contribution in [0.5, 0.6) is 0 Å². The maximum Gasteiger partial charge on any atom is 0.137 e. The van der Waals surface area contributed by atoms with Crippen LogP contribution in [0.15, 0.2) is 36.7 Å². The van der Waals surface area contributed by atoms with Gasteiger partial charge in [-0.25, -0.2) is 4.98 Å². The Kier molecular flexibility index (Phi) is 5.56. The van der Waals surface area contributed by atoms with Gasteiger partial charge >= 0.3 is 0 Å². The van der Waals surface area contributed by atoms with Crippen molar-refractivity contribution in [1.29, 1.82) is 0 Å². The topological polar surface area (TPSA) is 61.5 Å². The molecule has 0 saturated carbocycles. The van der Waals surface area contributed by atoms with Gasteiger partial charge in [0, 0.05) is 36.6 Å². The van der Waals surface area contributed by atoms with Crippen LogP contribution in [-0.4, -0.2) is 44.3 Å². The zero-order valence-electron chi connectivity index (χ0n) is 13.8. The Balaban J connectivity index is 1.54. The number of imidazole rings is 1. The first-order valence-corrected chi connectivity index (χ1v) is 8.74. The fourth-order valence-electron chi connectivity index (χ4n) is 3.41. The molecular weight excluding hydrogens is 326 g/mol. The molecule has 2 atom stereocenters. The van der Waals surface area contributed by atoms with E-state index in [1.165, 1.54) is 0 Å². The van der Waals surface area contributed by atoms with Crippen LogP contribution in [-0.2, 0) is 7.05 Å². The van der Waals surface area contributed by atoms with Gasteiger partial charge in [0.1, 0.15) is 11.9 Å². The number of aliphatic hydroxyl groups is 2. The minimum atomic E-state index is -0.588. The molecule has 1 fully saturated rings. The van der Waals surface area contributed by atoms with Gasteiger partial charge in [-0.05, 0) is 37.9 Å². The summed E-state index contributed by atoms with van der Waals surface area (Å²) >= 11 is 6.15. The van der Waals surface area contributed by atoms with E-state index in [1.54, 1.807) is 12.3 Å². The molecule has 1 aromatic heterocycles. The van der Waals surface area contributed by atoms with Crippen molar-refractivity contribution < 1.29 is 10.2 Å². The lowest BCUT2D eigenvalue weighted by molar-refractivity contribution is 0.0346. The van der Waals surface area contributed by atoms with Gasteiger partial charge < -0.3 is 19.7 Å². The first-order chi connectivity index (χ1) is 11.6. The average molecular weight is 350 g/mol. The van der Waals surface area contributed by atoms with Gasteiger partial charge in [-0.3, -0.25) is 0 Å². The SMILES string of the molecule is Cn1ccnc1C(O)C1CCN(CC(O)c2ccccc2Cl)CC1. The van der Waals surface area contributed by atoms with Crippen LogP contribution in [0.3, 0.4) is 0 Å². The van der Waals surface area contributed by atoms with Crippen LogP contribution in [0.4, 0.5) is 0 Å². The number of aryl methyl sites for hydroxylation is 1. The van der Waals surface area contributed by atoms with Crippen molar-refractivity contribution >= 4 is 11.6 Å². The molecule has 6 heteroatoms. The molecule has 0 spiro atoms. The van der Waals surface area contributed by atoms with Crippen LogP contribution in [0.2, 0.25) is 5.02 Å². The molecule has 2 unspecified atom stereocenters. The molecular formula is C18H24ClN3O2. The Bertz CT molecular complexity index is 668. The van der Waals surface area contributed by atoms with E-state index in [9.17, 15) is 10.2 Å². The molecule has 1 aromatic carbocycles. The van der Waals surface area contributed by atoms with Gasteiger partial charge in [-0.15, -0.1) is 0 Å². The van der Waals surface area contributed by atoms with Crippen molar-refractivity contribution in [2.45, 2.75) is 25.0 Å². The van der Waals surface area contributed by atoms with E-state index in [2.05, 4.69) is 9.88 Å². The third-order valence-corrected chi connectivity index (χ3v) is 5.24. The lowest BCUT2D eigenvalue weighted by Gasteiger charge is -2.35. The number of piperidine rings is 1. The average Bonchev–Trinajstić information content (AvgIpc) is 3.01. The molecule has 130 valence electrons. The highest BCUT2D eigenvalue weighted by Crippen LogP contribution is 2.31. The minimum Gasteiger partial charge on any atom is -0.387 e. The number of β-amino-alcohol motifs (C(OH)–C–C–N with tert-alkyl or cyclic N) is 1. The Morgan fingerprint density at radius 2 is 1.96 bits per heavy atom. The molecule has 0 aliphatic carbocycles. The summed E-state index contributed by atoms with van der Waals surface area (Å²) in [6, 6.07) is 7.42. The summed E-state index contributed by atoms with van der Waals surface area (Å²) in [5.74, 6) is 0.935. The summed E-state index contributed by atoms with van der Waals surface area (Å²) < 4.78 is 1.87. The maximum absolute atomic E-state index is 10.5. The van der Waals surface area contributed by atoms with Gasteiger partial charge in [0.05, 0.1) is 6.10 Å². The van der Waals surface area contributed by atoms with Crippen LogP contribution >= 0.6 is 11.6 Å². The molecule has 0 bridgehead atoms. The quantitative estimate of drug-likeness (QED) is 0.871. The molecule has 3 rings (SSSR count). The Hall–Kier alpha value is -1.40. The fourth-order valence-corrected chi connectivity index (χ4v) is 3.67. The van der Waals surface area contributed by atoms with Crippen molar-refractivity contribution in [3.8, 4) is 0 Å². The number of benzene rings is 1. The van der Waals surface area contributed by atoms with Gasteiger partial charge in [0.15, 0.2) is 0 Å². The lowest BCUT2D eigenvalue weighted by Crippen LogP contribution is -2.38. The number of rotatable bonds is 5. The van der Waals surface area contributed by atoms with Gasteiger partial charge in [-0.1, -0.05) is 29.8 Å². The molecule has 0 amide bonds. The van der Waals surface area contributed by atoms with Crippen molar-refractivity contribution in [3.05, 3.63) is 53.1 Å². The summed E-state index contributed by atoms with van der Waals surface area (Å²) in [5, 5.41) is 21.6. The largest absolute Gasteiger partial charge is 0.387 e. The molecule has 2 N–H and O–H groups in total. The number of nitrogens with zero attached hydrogens (tertiary/aromatic N) is 3.